The Morgan fingerprint density at radius 2 is 1.67 bits per heavy atom. The molecule has 0 aliphatic carbocycles. The maximum Gasteiger partial charge on any atom is 0.00418 e. The third kappa shape index (κ3) is 4.83. The monoisotopic (exact) mass is 146 g/mol. The Morgan fingerprint density at radius 3 is 2.00 bits per heavy atom. The second kappa shape index (κ2) is 6.47. The molecule has 0 atom stereocenters. The molecule has 9 heavy (non-hydrogen) atoms. The maximum atomic E-state index is 2.27. The van der Waals surface area contributed by atoms with E-state index in [2.05, 4.69) is 32.5 Å². The van der Waals surface area contributed by atoms with Crippen molar-refractivity contribution >= 4 is 11.8 Å². The van der Waals surface area contributed by atoms with Gasteiger partial charge in [-0.05, 0) is 25.0 Å². The molecule has 0 amide bonds. The Bertz CT molecular complexity index is 48.5. The molecule has 0 rings (SSSR count). The van der Waals surface area contributed by atoms with Gasteiger partial charge in [0.2, 0.25) is 0 Å². The third-order valence-electron chi connectivity index (χ3n) is 1.47. The van der Waals surface area contributed by atoms with Crippen LogP contribution in [0.1, 0.15) is 40.0 Å². The van der Waals surface area contributed by atoms with Gasteiger partial charge < -0.3 is 0 Å². The first-order chi connectivity index (χ1) is 4.35. The molecular formula is C8H18S. The molecule has 0 spiro atoms. The van der Waals surface area contributed by atoms with Gasteiger partial charge in [-0.1, -0.05) is 20.8 Å². The highest BCUT2D eigenvalue weighted by Crippen LogP contribution is 2.17. The molecule has 0 bridgehead atoms. The van der Waals surface area contributed by atoms with Gasteiger partial charge in [-0.2, -0.15) is 11.8 Å². The summed E-state index contributed by atoms with van der Waals surface area (Å²) in [6, 6.07) is 0. The Kier molecular flexibility index (Phi) is 6.72. The average molecular weight is 146 g/mol. The van der Waals surface area contributed by atoms with E-state index in [-0.39, 0.29) is 0 Å². The summed E-state index contributed by atoms with van der Waals surface area (Å²) < 4.78 is 0. The molecule has 0 fully saturated rings. The summed E-state index contributed by atoms with van der Waals surface area (Å²) >= 11 is 2.12. The summed E-state index contributed by atoms with van der Waals surface area (Å²) in [6.45, 7) is 6.79. The number of hydrogen-bond acceptors (Lipinski definition) is 1. The molecule has 0 aromatic heterocycles. The molecule has 56 valence electrons. The first-order valence-corrected chi connectivity index (χ1v) is 5.01. The number of thioether (sulfide) groups is 1. The van der Waals surface area contributed by atoms with Crippen molar-refractivity contribution in [3.8, 4) is 0 Å². The van der Waals surface area contributed by atoms with E-state index in [1.807, 2.05) is 0 Å². The van der Waals surface area contributed by atoms with Gasteiger partial charge in [0.05, 0.1) is 0 Å². The second-order valence-corrected chi connectivity index (χ2v) is 3.72. The number of hydrogen-bond donors (Lipinski definition) is 0. The predicted octanol–water partition coefficient (Wildman–Crippen LogP) is 3.32. The van der Waals surface area contributed by atoms with Crippen LogP contribution < -0.4 is 0 Å². The van der Waals surface area contributed by atoms with E-state index >= 15 is 0 Å². The van der Waals surface area contributed by atoms with E-state index in [0.717, 1.165) is 5.25 Å². The van der Waals surface area contributed by atoms with E-state index in [9.17, 15) is 0 Å². The standard InChI is InChI=1S/C8H18S/c1-4-7-9-8(5-2)6-3/h8H,4-7H2,1-3H3. The average Bonchev–Trinajstić information content (AvgIpc) is 1.91. The van der Waals surface area contributed by atoms with Crippen LogP contribution in [0.3, 0.4) is 0 Å². The van der Waals surface area contributed by atoms with Crippen molar-refractivity contribution in [2.24, 2.45) is 0 Å². The summed E-state index contributed by atoms with van der Waals surface area (Å²) in [6.07, 6.45) is 3.99. The fourth-order valence-electron chi connectivity index (χ4n) is 0.809. The fourth-order valence-corrected chi connectivity index (χ4v) is 1.85. The van der Waals surface area contributed by atoms with Crippen LogP contribution in [0.25, 0.3) is 0 Å². The Balaban J connectivity index is 3.09. The highest BCUT2D eigenvalue weighted by molar-refractivity contribution is 7.99. The zero-order valence-electron chi connectivity index (χ0n) is 6.81. The van der Waals surface area contributed by atoms with Crippen molar-refractivity contribution in [1.82, 2.24) is 0 Å². The van der Waals surface area contributed by atoms with Gasteiger partial charge in [0.15, 0.2) is 0 Å². The second-order valence-electron chi connectivity index (χ2n) is 2.31. The zero-order valence-corrected chi connectivity index (χ0v) is 7.63. The van der Waals surface area contributed by atoms with Crippen LogP contribution in [-0.2, 0) is 0 Å². The molecule has 0 aliphatic rings. The number of rotatable bonds is 5. The highest BCUT2D eigenvalue weighted by atomic mass is 32.2. The largest absolute Gasteiger partial charge is 0.159 e. The van der Waals surface area contributed by atoms with Crippen LogP contribution in [0.5, 0.6) is 0 Å². The van der Waals surface area contributed by atoms with Crippen molar-refractivity contribution in [3.63, 3.8) is 0 Å². The molecular weight excluding hydrogens is 128 g/mol. The third-order valence-corrected chi connectivity index (χ3v) is 3.25. The van der Waals surface area contributed by atoms with E-state index < -0.39 is 0 Å². The molecule has 0 N–H and O–H groups in total. The van der Waals surface area contributed by atoms with Crippen molar-refractivity contribution in [2.75, 3.05) is 5.75 Å². The minimum atomic E-state index is 0.921. The summed E-state index contributed by atoms with van der Waals surface area (Å²) in [4.78, 5) is 0. The van der Waals surface area contributed by atoms with Gasteiger partial charge in [-0.25, -0.2) is 0 Å². The smallest absolute Gasteiger partial charge is 0.00418 e. The van der Waals surface area contributed by atoms with Crippen molar-refractivity contribution < 1.29 is 0 Å². The topological polar surface area (TPSA) is 0 Å². The molecule has 1 heteroatoms. The first kappa shape index (κ1) is 9.35. The van der Waals surface area contributed by atoms with Crippen LogP contribution in [0.4, 0.5) is 0 Å². The lowest BCUT2D eigenvalue weighted by molar-refractivity contribution is 0.791. The van der Waals surface area contributed by atoms with Gasteiger partial charge in [-0.15, -0.1) is 0 Å². The van der Waals surface area contributed by atoms with Crippen LogP contribution in [0.15, 0.2) is 0 Å². The molecule has 0 radical (unpaired) electrons. The fraction of sp³-hybridized carbons (Fsp3) is 1.00. The van der Waals surface area contributed by atoms with Crippen molar-refractivity contribution in [1.29, 1.82) is 0 Å². The molecule has 0 aromatic carbocycles. The van der Waals surface area contributed by atoms with Crippen LogP contribution >= 0.6 is 11.8 Å². The molecule has 0 saturated heterocycles. The predicted molar refractivity (Wildman–Crippen MR) is 47.1 cm³/mol. The molecule has 0 aromatic rings. The molecule has 0 nitrogen and oxygen atoms in total. The lowest BCUT2D eigenvalue weighted by atomic mass is 10.3. The molecule has 0 saturated carbocycles. The quantitative estimate of drug-likeness (QED) is 0.573. The minimum Gasteiger partial charge on any atom is -0.159 e. The van der Waals surface area contributed by atoms with E-state index in [1.165, 1.54) is 25.0 Å². The zero-order chi connectivity index (χ0) is 7.11. The molecule has 0 heterocycles. The molecule has 0 aliphatic heterocycles. The summed E-state index contributed by atoms with van der Waals surface area (Å²) in [5, 5.41) is 0.921. The van der Waals surface area contributed by atoms with E-state index in [0.29, 0.717) is 0 Å². The molecule has 0 unspecified atom stereocenters. The summed E-state index contributed by atoms with van der Waals surface area (Å²) in [7, 11) is 0. The van der Waals surface area contributed by atoms with Gasteiger partial charge >= 0.3 is 0 Å². The van der Waals surface area contributed by atoms with Gasteiger partial charge in [-0.3, -0.25) is 0 Å². The van der Waals surface area contributed by atoms with Gasteiger partial charge in [0, 0.05) is 5.25 Å². The van der Waals surface area contributed by atoms with Gasteiger partial charge in [0.1, 0.15) is 0 Å². The van der Waals surface area contributed by atoms with Crippen LogP contribution in [-0.4, -0.2) is 11.0 Å². The van der Waals surface area contributed by atoms with Gasteiger partial charge in [0.25, 0.3) is 0 Å². The van der Waals surface area contributed by atoms with Crippen LogP contribution in [0, 0.1) is 0 Å². The van der Waals surface area contributed by atoms with E-state index in [4.69, 9.17) is 0 Å². The van der Waals surface area contributed by atoms with Crippen molar-refractivity contribution in [2.45, 2.75) is 45.3 Å². The van der Waals surface area contributed by atoms with E-state index in [1.54, 1.807) is 0 Å². The maximum absolute atomic E-state index is 2.27. The van der Waals surface area contributed by atoms with Crippen molar-refractivity contribution in [3.05, 3.63) is 0 Å². The highest BCUT2D eigenvalue weighted by Gasteiger charge is 2.00. The lowest BCUT2D eigenvalue weighted by Gasteiger charge is -2.09. The van der Waals surface area contributed by atoms with Crippen LogP contribution in [0.2, 0.25) is 0 Å². The normalized spacial score (nSPS) is 10.7. The Morgan fingerprint density at radius 1 is 1.11 bits per heavy atom. The Hall–Kier alpha value is 0.350. The summed E-state index contributed by atoms with van der Waals surface area (Å²) in [5.74, 6) is 1.34. The SMILES string of the molecule is CCCSC(CC)CC. The first-order valence-electron chi connectivity index (χ1n) is 3.96. The Labute approximate surface area is 63.4 Å². The minimum absolute atomic E-state index is 0.921. The summed E-state index contributed by atoms with van der Waals surface area (Å²) in [5.41, 5.74) is 0. The lowest BCUT2D eigenvalue weighted by Crippen LogP contribution is -1.98.